The Kier molecular flexibility index (Phi) is 3.10. The summed E-state index contributed by atoms with van der Waals surface area (Å²) in [6.07, 6.45) is 3.54. The monoisotopic (exact) mass is 217 g/mol. The summed E-state index contributed by atoms with van der Waals surface area (Å²) in [5.74, 6) is 0.784. The summed E-state index contributed by atoms with van der Waals surface area (Å²) in [6, 6.07) is 9.79. The van der Waals surface area contributed by atoms with Gasteiger partial charge < -0.3 is 5.73 Å². The third-order valence-corrected chi connectivity index (χ3v) is 3.75. The number of carbonyl (C=O) groups excluding carboxylic acids is 1. The van der Waals surface area contributed by atoms with E-state index in [0.717, 1.165) is 24.8 Å². The number of Topliss-reactive ketones (excluding diaryl/α,β-unsaturated/α-hetero) is 1. The molecule has 1 fully saturated rings. The molecule has 0 spiro atoms. The molecular weight excluding hydrogens is 198 g/mol. The quantitative estimate of drug-likeness (QED) is 0.827. The molecular formula is C14H19NO. The summed E-state index contributed by atoms with van der Waals surface area (Å²) in [5, 5.41) is 0. The third-order valence-electron chi connectivity index (χ3n) is 3.75. The lowest BCUT2D eigenvalue weighted by Crippen LogP contribution is -2.49. The maximum atomic E-state index is 12.1. The second-order valence-corrected chi connectivity index (χ2v) is 4.78. The Balaban J connectivity index is 2.31. The van der Waals surface area contributed by atoms with Crippen LogP contribution < -0.4 is 5.73 Å². The predicted octanol–water partition coefficient (Wildman–Crippen LogP) is 2.62. The SMILES string of the molecule is CCC1CCC(=O)C(N)(c2ccccc2)C1. The van der Waals surface area contributed by atoms with Gasteiger partial charge in [-0.25, -0.2) is 0 Å². The molecule has 2 atom stereocenters. The van der Waals surface area contributed by atoms with E-state index in [1.165, 1.54) is 0 Å². The van der Waals surface area contributed by atoms with Crippen LogP contribution in [0.5, 0.6) is 0 Å². The number of carbonyl (C=O) groups is 1. The number of hydrogen-bond acceptors (Lipinski definition) is 2. The largest absolute Gasteiger partial charge is 0.315 e. The van der Waals surface area contributed by atoms with Crippen LogP contribution in [0.25, 0.3) is 0 Å². The van der Waals surface area contributed by atoms with Crippen molar-refractivity contribution in [3.05, 3.63) is 35.9 Å². The average molecular weight is 217 g/mol. The zero-order valence-corrected chi connectivity index (χ0v) is 9.78. The minimum Gasteiger partial charge on any atom is -0.315 e. The molecule has 2 N–H and O–H groups in total. The molecule has 1 aromatic rings. The number of nitrogens with two attached hydrogens (primary N) is 1. The van der Waals surface area contributed by atoms with Crippen molar-refractivity contribution in [1.29, 1.82) is 0 Å². The van der Waals surface area contributed by atoms with Gasteiger partial charge in [0, 0.05) is 6.42 Å². The van der Waals surface area contributed by atoms with Crippen LogP contribution in [-0.2, 0) is 10.3 Å². The van der Waals surface area contributed by atoms with E-state index in [0.29, 0.717) is 12.3 Å². The van der Waals surface area contributed by atoms with E-state index >= 15 is 0 Å². The highest BCUT2D eigenvalue weighted by atomic mass is 16.1. The lowest BCUT2D eigenvalue weighted by Gasteiger charge is -2.36. The maximum Gasteiger partial charge on any atom is 0.157 e. The minimum absolute atomic E-state index is 0.198. The predicted molar refractivity (Wildman–Crippen MR) is 64.9 cm³/mol. The van der Waals surface area contributed by atoms with Crippen LogP contribution in [0, 0.1) is 5.92 Å². The average Bonchev–Trinajstić information content (AvgIpc) is 2.34. The molecule has 2 rings (SSSR count). The highest BCUT2D eigenvalue weighted by Crippen LogP contribution is 2.36. The van der Waals surface area contributed by atoms with Crippen molar-refractivity contribution >= 4 is 5.78 Å². The lowest BCUT2D eigenvalue weighted by atomic mass is 9.71. The molecule has 0 aliphatic heterocycles. The Hall–Kier alpha value is -1.15. The summed E-state index contributed by atoms with van der Waals surface area (Å²) in [6.45, 7) is 2.17. The van der Waals surface area contributed by atoms with Gasteiger partial charge in [-0.05, 0) is 24.3 Å². The Bertz CT molecular complexity index is 374. The number of benzene rings is 1. The molecule has 0 saturated heterocycles. The molecule has 0 amide bonds. The van der Waals surface area contributed by atoms with E-state index in [1.807, 2.05) is 30.3 Å². The van der Waals surface area contributed by atoms with Crippen LogP contribution in [0.4, 0.5) is 0 Å². The van der Waals surface area contributed by atoms with E-state index in [2.05, 4.69) is 6.92 Å². The Morgan fingerprint density at radius 1 is 1.38 bits per heavy atom. The van der Waals surface area contributed by atoms with Crippen LogP contribution in [0.1, 0.15) is 38.2 Å². The van der Waals surface area contributed by atoms with Gasteiger partial charge in [0.15, 0.2) is 5.78 Å². The zero-order chi connectivity index (χ0) is 11.6. The van der Waals surface area contributed by atoms with E-state index in [-0.39, 0.29) is 5.78 Å². The lowest BCUT2D eigenvalue weighted by molar-refractivity contribution is -0.127. The Morgan fingerprint density at radius 2 is 2.06 bits per heavy atom. The molecule has 0 radical (unpaired) electrons. The van der Waals surface area contributed by atoms with Crippen LogP contribution in [0.3, 0.4) is 0 Å². The third kappa shape index (κ3) is 1.90. The van der Waals surface area contributed by atoms with Gasteiger partial charge >= 0.3 is 0 Å². The van der Waals surface area contributed by atoms with Crippen molar-refractivity contribution in [1.82, 2.24) is 0 Å². The first kappa shape index (κ1) is 11.3. The summed E-state index contributed by atoms with van der Waals surface area (Å²) < 4.78 is 0. The molecule has 0 aromatic heterocycles. The highest BCUT2D eigenvalue weighted by molar-refractivity contribution is 5.90. The van der Waals surface area contributed by atoms with Gasteiger partial charge in [-0.15, -0.1) is 0 Å². The van der Waals surface area contributed by atoms with Crippen molar-refractivity contribution in [3.8, 4) is 0 Å². The van der Waals surface area contributed by atoms with Crippen LogP contribution in [0.2, 0.25) is 0 Å². The summed E-state index contributed by atoms with van der Waals surface area (Å²) in [5.41, 5.74) is 6.57. The highest BCUT2D eigenvalue weighted by Gasteiger charge is 2.40. The van der Waals surface area contributed by atoms with Crippen LogP contribution in [-0.4, -0.2) is 5.78 Å². The van der Waals surface area contributed by atoms with Gasteiger partial charge in [-0.1, -0.05) is 43.7 Å². The first-order valence-electron chi connectivity index (χ1n) is 6.04. The molecule has 86 valence electrons. The van der Waals surface area contributed by atoms with Crippen molar-refractivity contribution in [3.63, 3.8) is 0 Å². The van der Waals surface area contributed by atoms with Crippen molar-refractivity contribution in [2.45, 2.75) is 38.1 Å². The van der Waals surface area contributed by atoms with Crippen LogP contribution >= 0.6 is 0 Å². The molecule has 2 unspecified atom stereocenters. The van der Waals surface area contributed by atoms with Gasteiger partial charge in [-0.3, -0.25) is 4.79 Å². The van der Waals surface area contributed by atoms with Crippen molar-refractivity contribution in [2.75, 3.05) is 0 Å². The summed E-state index contributed by atoms with van der Waals surface area (Å²) in [4.78, 5) is 12.1. The van der Waals surface area contributed by atoms with Gasteiger partial charge in [0.05, 0.1) is 0 Å². The molecule has 0 heterocycles. The van der Waals surface area contributed by atoms with E-state index < -0.39 is 5.54 Å². The number of hydrogen-bond donors (Lipinski definition) is 1. The molecule has 1 aliphatic rings. The minimum atomic E-state index is -0.736. The van der Waals surface area contributed by atoms with E-state index in [9.17, 15) is 4.79 Å². The van der Waals surface area contributed by atoms with Crippen molar-refractivity contribution in [2.24, 2.45) is 11.7 Å². The molecule has 1 aliphatic carbocycles. The van der Waals surface area contributed by atoms with E-state index in [1.54, 1.807) is 0 Å². The van der Waals surface area contributed by atoms with Gasteiger partial charge in [0.25, 0.3) is 0 Å². The standard InChI is InChI=1S/C14H19NO/c1-2-11-8-9-13(16)14(15,10-11)12-6-4-3-5-7-12/h3-7,11H,2,8-10,15H2,1H3. The molecule has 1 aromatic carbocycles. The molecule has 16 heavy (non-hydrogen) atoms. The molecule has 1 saturated carbocycles. The zero-order valence-electron chi connectivity index (χ0n) is 9.78. The molecule has 2 nitrogen and oxygen atoms in total. The first-order chi connectivity index (χ1) is 7.66. The number of rotatable bonds is 2. The van der Waals surface area contributed by atoms with Crippen LogP contribution in [0.15, 0.2) is 30.3 Å². The van der Waals surface area contributed by atoms with E-state index in [4.69, 9.17) is 5.73 Å². The fourth-order valence-corrected chi connectivity index (χ4v) is 2.59. The fraction of sp³-hybridized carbons (Fsp3) is 0.500. The topological polar surface area (TPSA) is 43.1 Å². The molecule has 0 bridgehead atoms. The van der Waals surface area contributed by atoms with Crippen molar-refractivity contribution < 1.29 is 4.79 Å². The first-order valence-corrected chi connectivity index (χ1v) is 6.04. The van der Waals surface area contributed by atoms with Gasteiger partial charge in [0.2, 0.25) is 0 Å². The Morgan fingerprint density at radius 3 is 2.69 bits per heavy atom. The van der Waals surface area contributed by atoms with Gasteiger partial charge in [0.1, 0.15) is 5.54 Å². The molecule has 2 heteroatoms. The normalized spacial score (nSPS) is 30.4. The smallest absolute Gasteiger partial charge is 0.157 e. The second-order valence-electron chi connectivity index (χ2n) is 4.78. The maximum absolute atomic E-state index is 12.1. The number of ketones is 1. The Labute approximate surface area is 96.8 Å². The summed E-state index contributed by atoms with van der Waals surface area (Å²) in [7, 11) is 0. The summed E-state index contributed by atoms with van der Waals surface area (Å²) >= 11 is 0. The van der Waals surface area contributed by atoms with Gasteiger partial charge in [-0.2, -0.15) is 0 Å². The second kappa shape index (κ2) is 4.38. The fourth-order valence-electron chi connectivity index (χ4n) is 2.59.